The number of hydrogen-bond donors (Lipinski definition) is 2. The minimum atomic E-state index is -0.998. The third kappa shape index (κ3) is 2.85. The number of carboxylic acid groups (broad SMARTS) is 1. The highest BCUT2D eigenvalue weighted by Gasteiger charge is 2.14. The predicted octanol–water partition coefficient (Wildman–Crippen LogP) is 2.96. The molecule has 1 aromatic heterocycles. The first-order valence-electron chi connectivity index (χ1n) is 5.73. The van der Waals surface area contributed by atoms with Gasteiger partial charge in [-0.2, -0.15) is 0 Å². The van der Waals surface area contributed by atoms with E-state index in [2.05, 4.69) is 10.3 Å². The first-order valence-corrected chi connectivity index (χ1v) is 6.55. The number of benzene rings is 1. The lowest BCUT2D eigenvalue weighted by molar-refractivity contribution is 0.0690. The second-order valence-corrected chi connectivity index (χ2v) is 5.47. The van der Waals surface area contributed by atoms with Crippen LogP contribution in [-0.4, -0.2) is 30.2 Å². The van der Waals surface area contributed by atoms with E-state index in [0.717, 1.165) is 11.4 Å². The van der Waals surface area contributed by atoms with E-state index in [0.29, 0.717) is 10.0 Å². The van der Waals surface area contributed by atoms with Crippen molar-refractivity contribution in [2.75, 3.05) is 24.3 Å². The smallest absolute Gasteiger partial charge is 0.355 e. The van der Waals surface area contributed by atoms with E-state index in [4.69, 9.17) is 5.11 Å². The highest BCUT2D eigenvalue weighted by Crippen LogP contribution is 2.30. The summed E-state index contributed by atoms with van der Waals surface area (Å²) in [5, 5.41) is 12.8. The van der Waals surface area contributed by atoms with Crippen molar-refractivity contribution in [3.05, 3.63) is 34.8 Å². The molecule has 5 nitrogen and oxygen atoms in total. The van der Waals surface area contributed by atoms with Crippen molar-refractivity contribution >= 4 is 33.8 Å². The van der Waals surface area contributed by atoms with Gasteiger partial charge >= 0.3 is 5.97 Å². The van der Waals surface area contributed by atoms with Crippen LogP contribution in [0.3, 0.4) is 0 Å². The van der Waals surface area contributed by atoms with Gasteiger partial charge < -0.3 is 15.3 Å². The summed E-state index contributed by atoms with van der Waals surface area (Å²) in [5.41, 5.74) is 2.03. The molecular weight excluding hydrogens is 262 g/mol. The average Bonchev–Trinajstić information content (AvgIpc) is 2.71. The maximum absolute atomic E-state index is 11.0. The summed E-state index contributed by atoms with van der Waals surface area (Å²) in [7, 11) is 3.91. The molecule has 0 amide bonds. The SMILES string of the molecule is Cc1sc(Nc2ccccc2N(C)C)nc1C(=O)O. The van der Waals surface area contributed by atoms with Crippen molar-refractivity contribution in [1.82, 2.24) is 4.98 Å². The number of aromatic nitrogens is 1. The number of nitrogens with zero attached hydrogens (tertiary/aromatic N) is 2. The molecule has 19 heavy (non-hydrogen) atoms. The number of rotatable bonds is 4. The van der Waals surface area contributed by atoms with E-state index >= 15 is 0 Å². The monoisotopic (exact) mass is 277 g/mol. The molecule has 0 spiro atoms. The van der Waals surface area contributed by atoms with Crippen LogP contribution in [0.5, 0.6) is 0 Å². The highest BCUT2D eigenvalue weighted by molar-refractivity contribution is 7.15. The Balaban J connectivity index is 2.31. The van der Waals surface area contributed by atoms with Crippen LogP contribution in [0.25, 0.3) is 0 Å². The second-order valence-electron chi connectivity index (χ2n) is 4.27. The molecule has 0 saturated heterocycles. The van der Waals surface area contributed by atoms with E-state index in [1.165, 1.54) is 11.3 Å². The van der Waals surface area contributed by atoms with Gasteiger partial charge in [0.2, 0.25) is 0 Å². The normalized spacial score (nSPS) is 10.3. The maximum Gasteiger partial charge on any atom is 0.355 e. The van der Waals surface area contributed by atoms with Gasteiger partial charge in [-0.1, -0.05) is 12.1 Å². The second kappa shape index (κ2) is 5.27. The van der Waals surface area contributed by atoms with Crippen LogP contribution in [0.4, 0.5) is 16.5 Å². The van der Waals surface area contributed by atoms with Gasteiger partial charge in [-0.15, -0.1) is 11.3 Å². The number of carbonyl (C=O) groups is 1. The van der Waals surface area contributed by atoms with Gasteiger partial charge in [0.05, 0.1) is 11.4 Å². The topological polar surface area (TPSA) is 65.5 Å². The minimum Gasteiger partial charge on any atom is -0.476 e. The summed E-state index contributed by atoms with van der Waals surface area (Å²) in [6.07, 6.45) is 0. The van der Waals surface area contributed by atoms with Gasteiger partial charge in [0, 0.05) is 19.0 Å². The molecule has 0 atom stereocenters. The van der Waals surface area contributed by atoms with Crippen LogP contribution >= 0.6 is 11.3 Å². The lowest BCUT2D eigenvalue weighted by Gasteiger charge is -2.17. The van der Waals surface area contributed by atoms with Crippen LogP contribution in [0.1, 0.15) is 15.4 Å². The molecule has 2 rings (SSSR count). The summed E-state index contributed by atoms with van der Waals surface area (Å²) in [6.45, 7) is 1.75. The van der Waals surface area contributed by atoms with Crippen LogP contribution in [0, 0.1) is 6.92 Å². The molecule has 0 saturated carbocycles. The molecule has 100 valence electrons. The molecule has 1 heterocycles. The van der Waals surface area contributed by atoms with E-state index in [1.54, 1.807) is 6.92 Å². The Kier molecular flexibility index (Phi) is 3.71. The number of nitrogens with one attached hydrogen (secondary N) is 1. The zero-order valence-corrected chi connectivity index (χ0v) is 11.8. The van der Waals surface area contributed by atoms with Crippen molar-refractivity contribution in [3.63, 3.8) is 0 Å². The fraction of sp³-hybridized carbons (Fsp3) is 0.231. The fourth-order valence-corrected chi connectivity index (χ4v) is 2.55. The molecule has 0 aliphatic heterocycles. The molecule has 2 aromatic rings. The van der Waals surface area contributed by atoms with Crippen LogP contribution in [-0.2, 0) is 0 Å². The zero-order chi connectivity index (χ0) is 14.0. The number of aryl methyl sites for hydroxylation is 1. The van der Waals surface area contributed by atoms with Gasteiger partial charge in [-0.3, -0.25) is 0 Å². The lowest BCUT2D eigenvalue weighted by atomic mass is 10.2. The van der Waals surface area contributed by atoms with Gasteiger partial charge in [-0.25, -0.2) is 9.78 Å². The largest absolute Gasteiger partial charge is 0.476 e. The molecule has 0 bridgehead atoms. The number of anilines is 3. The molecule has 2 N–H and O–H groups in total. The number of para-hydroxylation sites is 2. The highest BCUT2D eigenvalue weighted by atomic mass is 32.1. The first-order chi connectivity index (χ1) is 8.99. The molecule has 0 radical (unpaired) electrons. The minimum absolute atomic E-state index is 0.106. The summed E-state index contributed by atoms with van der Waals surface area (Å²) in [4.78, 5) is 17.7. The van der Waals surface area contributed by atoms with E-state index in [-0.39, 0.29) is 5.69 Å². The Morgan fingerprint density at radius 3 is 2.63 bits per heavy atom. The van der Waals surface area contributed by atoms with Crippen molar-refractivity contribution in [2.45, 2.75) is 6.92 Å². The number of aromatic carboxylic acids is 1. The Labute approximate surface area is 115 Å². The lowest BCUT2D eigenvalue weighted by Crippen LogP contribution is -2.10. The zero-order valence-electron chi connectivity index (χ0n) is 11.0. The molecule has 0 aliphatic rings. The van der Waals surface area contributed by atoms with E-state index in [1.807, 2.05) is 43.3 Å². The van der Waals surface area contributed by atoms with Crippen LogP contribution in [0.15, 0.2) is 24.3 Å². The molecule has 6 heteroatoms. The van der Waals surface area contributed by atoms with Gasteiger partial charge in [-0.05, 0) is 19.1 Å². The molecular formula is C13H15N3O2S. The predicted molar refractivity (Wildman–Crippen MR) is 77.9 cm³/mol. The fourth-order valence-electron chi connectivity index (χ4n) is 1.73. The van der Waals surface area contributed by atoms with E-state index in [9.17, 15) is 4.79 Å². The number of thiazole rings is 1. The van der Waals surface area contributed by atoms with Crippen LogP contribution in [0.2, 0.25) is 0 Å². The Bertz CT molecular complexity index is 608. The van der Waals surface area contributed by atoms with Crippen molar-refractivity contribution in [2.24, 2.45) is 0 Å². The average molecular weight is 277 g/mol. The molecule has 0 aliphatic carbocycles. The van der Waals surface area contributed by atoms with Crippen molar-refractivity contribution < 1.29 is 9.90 Å². The van der Waals surface area contributed by atoms with Gasteiger partial charge in [0.1, 0.15) is 0 Å². The van der Waals surface area contributed by atoms with Crippen molar-refractivity contribution in [1.29, 1.82) is 0 Å². The molecule has 0 fully saturated rings. The number of carboxylic acids is 1. The summed E-state index contributed by atoms with van der Waals surface area (Å²) < 4.78 is 0. The summed E-state index contributed by atoms with van der Waals surface area (Å²) in [5.74, 6) is -0.998. The number of hydrogen-bond acceptors (Lipinski definition) is 5. The van der Waals surface area contributed by atoms with Crippen molar-refractivity contribution in [3.8, 4) is 0 Å². The first kappa shape index (κ1) is 13.4. The Hall–Kier alpha value is -2.08. The summed E-state index contributed by atoms with van der Waals surface area (Å²) >= 11 is 1.34. The molecule has 1 aromatic carbocycles. The van der Waals surface area contributed by atoms with Gasteiger partial charge in [0.25, 0.3) is 0 Å². The molecule has 0 unspecified atom stereocenters. The Morgan fingerprint density at radius 2 is 2.05 bits per heavy atom. The van der Waals surface area contributed by atoms with E-state index < -0.39 is 5.97 Å². The van der Waals surface area contributed by atoms with Gasteiger partial charge in [0.15, 0.2) is 10.8 Å². The van der Waals surface area contributed by atoms with Crippen LogP contribution < -0.4 is 10.2 Å². The third-order valence-electron chi connectivity index (χ3n) is 2.63. The standard InChI is InChI=1S/C13H15N3O2S/c1-8-11(12(17)18)15-13(19-8)14-9-6-4-5-7-10(9)16(2)3/h4-7H,1-3H3,(H,14,15)(H,17,18). The summed E-state index contributed by atoms with van der Waals surface area (Å²) in [6, 6.07) is 7.80. The quantitative estimate of drug-likeness (QED) is 0.899. The maximum atomic E-state index is 11.0. The Morgan fingerprint density at radius 1 is 1.37 bits per heavy atom. The third-order valence-corrected chi connectivity index (χ3v) is 3.51.